The number of hydrogen-bond acceptors (Lipinski definition) is 4. The highest BCUT2D eigenvalue weighted by Gasteiger charge is 2.37. The summed E-state index contributed by atoms with van der Waals surface area (Å²) in [6, 6.07) is 44.2. The van der Waals surface area contributed by atoms with Crippen molar-refractivity contribution >= 4 is 32.7 Å². The molecule has 6 aromatic carbocycles. The molecule has 0 saturated heterocycles. The van der Waals surface area contributed by atoms with Crippen molar-refractivity contribution in [1.29, 1.82) is 0 Å². The van der Waals surface area contributed by atoms with Gasteiger partial charge >= 0.3 is 0 Å². The molecule has 0 radical (unpaired) electrons. The third kappa shape index (κ3) is 3.61. The van der Waals surface area contributed by atoms with E-state index in [0.29, 0.717) is 17.5 Å². The van der Waals surface area contributed by atoms with E-state index in [0.717, 1.165) is 44.0 Å². The highest BCUT2D eigenvalue weighted by molar-refractivity contribution is 6.15. The van der Waals surface area contributed by atoms with Gasteiger partial charge in [-0.05, 0) is 51.2 Å². The number of aromatic nitrogens is 3. The fraction of sp³-hybridized carbons (Fsp3) is 0.0750. The molecule has 1 aliphatic carbocycles. The molecule has 8 aromatic rings. The van der Waals surface area contributed by atoms with Crippen LogP contribution in [0.25, 0.3) is 78.0 Å². The highest BCUT2D eigenvalue weighted by atomic mass is 16.3. The fourth-order valence-electron chi connectivity index (χ4n) is 6.97. The Hall–Kier alpha value is -5.61. The highest BCUT2D eigenvalue weighted by Crippen LogP contribution is 2.51. The van der Waals surface area contributed by atoms with Crippen molar-refractivity contribution < 1.29 is 4.42 Å². The van der Waals surface area contributed by atoms with Gasteiger partial charge in [0.25, 0.3) is 0 Å². The molecular formula is C40H27N3O. The Balaban J connectivity index is 1.34. The van der Waals surface area contributed by atoms with Crippen LogP contribution in [0.15, 0.2) is 132 Å². The lowest BCUT2D eigenvalue weighted by molar-refractivity contribution is 0.660. The lowest BCUT2D eigenvalue weighted by Gasteiger charge is -2.21. The first-order chi connectivity index (χ1) is 21.6. The Labute approximate surface area is 254 Å². The van der Waals surface area contributed by atoms with Gasteiger partial charge in [0.05, 0.1) is 0 Å². The van der Waals surface area contributed by atoms with Crippen LogP contribution < -0.4 is 0 Å². The zero-order valence-electron chi connectivity index (χ0n) is 24.4. The summed E-state index contributed by atoms with van der Waals surface area (Å²) in [4.78, 5) is 15.5. The zero-order valence-corrected chi connectivity index (χ0v) is 24.4. The molecule has 4 heteroatoms. The van der Waals surface area contributed by atoms with Gasteiger partial charge in [-0.3, -0.25) is 0 Å². The first-order valence-electron chi connectivity index (χ1n) is 15.0. The van der Waals surface area contributed by atoms with Crippen molar-refractivity contribution in [1.82, 2.24) is 15.0 Å². The van der Waals surface area contributed by atoms with Gasteiger partial charge in [-0.1, -0.05) is 123 Å². The van der Waals surface area contributed by atoms with E-state index in [2.05, 4.69) is 111 Å². The maximum Gasteiger partial charge on any atom is 0.164 e. The molecule has 0 spiro atoms. The molecule has 208 valence electrons. The summed E-state index contributed by atoms with van der Waals surface area (Å²) in [5, 5.41) is 4.37. The molecule has 0 fully saturated rings. The smallest absolute Gasteiger partial charge is 0.164 e. The van der Waals surface area contributed by atoms with Gasteiger partial charge in [-0.25, -0.2) is 15.0 Å². The van der Waals surface area contributed by atoms with Crippen molar-refractivity contribution in [3.63, 3.8) is 0 Å². The lowest BCUT2D eigenvalue weighted by atomic mass is 9.82. The minimum absolute atomic E-state index is 0.121. The maximum absolute atomic E-state index is 6.40. The average molecular weight is 566 g/mol. The van der Waals surface area contributed by atoms with Crippen LogP contribution in [0.2, 0.25) is 0 Å². The van der Waals surface area contributed by atoms with Crippen LogP contribution in [-0.2, 0) is 5.41 Å². The molecule has 4 nitrogen and oxygen atoms in total. The summed E-state index contributed by atoms with van der Waals surface area (Å²) in [6.45, 7) is 4.59. The van der Waals surface area contributed by atoms with E-state index in [-0.39, 0.29) is 5.41 Å². The normalized spacial score (nSPS) is 13.4. The van der Waals surface area contributed by atoms with Crippen LogP contribution >= 0.6 is 0 Å². The number of rotatable bonds is 3. The molecule has 2 heterocycles. The predicted molar refractivity (Wildman–Crippen MR) is 178 cm³/mol. The summed E-state index contributed by atoms with van der Waals surface area (Å²) in [5.74, 6) is 1.93. The molecule has 2 aromatic heterocycles. The van der Waals surface area contributed by atoms with E-state index in [4.69, 9.17) is 19.4 Å². The SMILES string of the molecule is CC1(C)c2ccccc2-c2c(-c3nc(-c4ccccc4)nc(-c4cccc5oc6cc7ccccc7cc6c45)n3)cccc21. The second-order valence-electron chi connectivity index (χ2n) is 12.0. The van der Waals surface area contributed by atoms with Crippen LogP contribution in [0.4, 0.5) is 0 Å². The molecule has 0 atom stereocenters. The minimum Gasteiger partial charge on any atom is -0.456 e. The second-order valence-corrected chi connectivity index (χ2v) is 12.0. The van der Waals surface area contributed by atoms with E-state index in [1.807, 2.05) is 30.3 Å². The van der Waals surface area contributed by atoms with Gasteiger partial charge in [0.15, 0.2) is 17.5 Å². The van der Waals surface area contributed by atoms with Gasteiger partial charge < -0.3 is 4.42 Å². The minimum atomic E-state index is -0.121. The largest absolute Gasteiger partial charge is 0.456 e. The van der Waals surface area contributed by atoms with E-state index >= 15 is 0 Å². The van der Waals surface area contributed by atoms with Crippen molar-refractivity contribution in [2.45, 2.75) is 19.3 Å². The molecule has 0 bridgehead atoms. The summed E-state index contributed by atoms with van der Waals surface area (Å²) < 4.78 is 6.40. The second kappa shape index (κ2) is 9.19. The van der Waals surface area contributed by atoms with Gasteiger partial charge in [-0.15, -0.1) is 0 Å². The Bertz CT molecular complexity index is 2420. The van der Waals surface area contributed by atoms with Gasteiger partial charge in [0.2, 0.25) is 0 Å². The summed E-state index contributed by atoms with van der Waals surface area (Å²) in [7, 11) is 0. The van der Waals surface area contributed by atoms with E-state index in [1.165, 1.54) is 27.6 Å². The number of nitrogens with zero attached hydrogens (tertiary/aromatic N) is 3. The standard InChI is InChI=1S/C40H27N3O/c1-40(2)31-19-9-8-16-27(31)35-28(17-10-20-32(35)40)38-41-37(24-12-4-3-5-13-24)42-39(43-38)29-18-11-21-33-36(29)30-22-25-14-6-7-15-26(25)23-34(30)44-33/h3-23H,1-2H3. The molecule has 9 rings (SSSR count). The van der Waals surface area contributed by atoms with E-state index in [9.17, 15) is 0 Å². The van der Waals surface area contributed by atoms with Crippen molar-refractivity contribution in [2.75, 3.05) is 0 Å². The molecular weight excluding hydrogens is 538 g/mol. The third-order valence-electron chi connectivity index (χ3n) is 9.12. The van der Waals surface area contributed by atoms with Crippen molar-refractivity contribution in [3.8, 4) is 45.3 Å². The molecule has 1 aliphatic rings. The first-order valence-corrected chi connectivity index (χ1v) is 15.0. The third-order valence-corrected chi connectivity index (χ3v) is 9.12. The number of furan rings is 1. The van der Waals surface area contributed by atoms with Crippen LogP contribution in [0.3, 0.4) is 0 Å². The van der Waals surface area contributed by atoms with Crippen LogP contribution in [-0.4, -0.2) is 15.0 Å². The maximum atomic E-state index is 6.40. The van der Waals surface area contributed by atoms with E-state index < -0.39 is 0 Å². The molecule has 0 saturated carbocycles. The Morgan fingerprint density at radius 3 is 1.95 bits per heavy atom. The number of hydrogen-bond donors (Lipinski definition) is 0. The van der Waals surface area contributed by atoms with Crippen LogP contribution in [0.1, 0.15) is 25.0 Å². The summed E-state index contributed by atoms with van der Waals surface area (Å²) >= 11 is 0. The Morgan fingerprint density at radius 2 is 1.11 bits per heavy atom. The van der Waals surface area contributed by atoms with Gasteiger partial charge in [-0.2, -0.15) is 0 Å². The summed E-state index contributed by atoms with van der Waals surface area (Å²) in [6.07, 6.45) is 0. The Morgan fingerprint density at radius 1 is 0.500 bits per heavy atom. The number of benzene rings is 6. The molecule has 0 N–H and O–H groups in total. The average Bonchev–Trinajstić information content (AvgIpc) is 3.55. The molecule has 0 unspecified atom stereocenters. The zero-order chi connectivity index (χ0) is 29.4. The number of fused-ring (bicyclic) bond motifs is 7. The van der Waals surface area contributed by atoms with E-state index in [1.54, 1.807) is 0 Å². The Kier molecular flexibility index (Phi) is 5.21. The van der Waals surface area contributed by atoms with Gasteiger partial charge in [0, 0.05) is 32.9 Å². The fourth-order valence-corrected chi connectivity index (χ4v) is 6.97. The predicted octanol–water partition coefficient (Wildman–Crippen LogP) is 10.2. The van der Waals surface area contributed by atoms with Crippen LogP contribution in [0.5, 0.6) is 0 Å². The van der Waals surface area contributed by atoms with Crippen molar-refractivity contribution in [3.05, 3.63) is 139 Å². The van der Waals surface area contributed by atoms with Crippen LogP contribution in [0, 0.1) is 0 Å². The quantitative estimate of drug-likeness (QED) is 0.214. The topological polar surface area (TPSA) is 51.8 Å². The monoisotopic (exact) mass is 565 g/mol. The van der Waals surface area contributed by atoms with Gasteiger partial charge in [0.1, 0.15) is 11.2 Å². The summed E-state index contributed by atoms with van der Waals surface area (Å²) in [5.41, 5.74) is 9.46. The lowest BCUT2D eigenvalue weighted by Crippen LogP contribution is -2.14. The molecule has 0 amide bonds. The first kappa shape index (κ1) is 24.9. The van der Waals surface area contributed by atoms with Crippen molar-refractivity contribution in [2.24, 2.45) is 0 Å². The molecule has 44 heavy (non-hydrogen) atoms. The molecule has 0 aliphatic heterocycles.